The van der Waals surface area contributed by atoms with Gasteiger partial charge in [-0.05, 0) is 30.0 Å². The minimum absolute atomic E-state index is 0.421. The Kier molecular flexibility index (Phi) is 2.69. The van der Waals surface area contributed by atoms with Crippen LogP contribution in [0, 0.1) is 6.92 Å². The topological polar surface area (TPSA) is 52.0 Å². The van der Waals surface area contributed by atoms with E-state index in [2.05, 4.69) is 44.1 Å². The molecule has 3 nitrogen and oxygen atoms in total. The zero-order chi connectivity index (χ0) is 11.7. The maximum Gasteiger partial charge on any atom is 0.169 e. The predicted molar refractivity (Wildman–Crippen MR) is 65.2 cm³/mol. The molecular weight excluding hydrogens is 200 g/mol. The molecule has 2 rings (SSSR count). The molecule has 2 N–H and O–H groups in total. The van der Waals surface area contributed by atoms with Crippen LogP contribution in [-0.4, -0.2) is 5.16 Å². The van der Waals surface area contributed by atoms with E-state index in [-0.39, 0.29) is 0 Å². The molecule has 1 aromatic carbocycles. The Morgan fingerprint density at radius 1 is 1.25 bits per heavy atom. The van der Waals surface area contributed by atoms with Crippen LogP contribution in [0.4, 0.5) is 5.82 Å². The smallest absolute Gasteiger partial charge is 0.169 e. The van der Waals surface area contributed by atoms with Crippen LogP contribution in [0.2, 0.25) is 0 Å². The van der Waals surface area contributed by atoms with Gasteiger partial charge in [-0.2, -0.15) is 0 Å². The molecule has 0 atom stereocenters. The number of benzene rings is 1. The van der Waals surface area contributed by atoms with Gasteiger partial charge in [0, 0.05) is 11.6 Å². The van der Waals surface area contributed by atoms with Crippen molar-refractivity contribution in [3.05, 3.63) is 35.4 Å². The minimum Gasteiger partial charge on any atom is -0.381 e. The Hall–Kier alpha value is -1.77. The number of hydrogen-bond donors (Lipinski definition) is 1. The van der Waals surface area contributed by atoms with Gasteiger partial charge in [0.05, 0.1) is 0 Å². The molecule has 3 heteroatoms. The molecule has 0 aliphatic heterocycles. The second-order valence-corrected chi connectivity index (χ2v) is 4.35. The molecule has 2 aromatic rings. The van der Waals surface area contributed by atoms with Crippen molar-refractivity contribution in [2.75, 3.05) is 5.73 Å². The summed E-state index contributed by atoms with van der Waals surface area (Å²) in [5.41, 5.74) is 9.08. The van der Waals surface area contributed by atoms with Gasteiger partial charge in [0.15, 0.2) is 11.6 Å². The molecule has 0 aliphatic rings. The molecule has 0 saturated heterocycles. The number of rotatable bonds is 2. The molecule has 1 aromatic heterocycles. The van der Waals surface area contributed by atoms with Gasteiger partial charge >= 0.3 is 0 Å². The molecule has 0 radical (unpaired) electrons. The second-order valence-electron chi connectivity index (χ2n) is 4.35. The standard InChI is InChI=1S/C13H16N2O/c1-8(2)10-5-4-9(3)11(6-10)12-7-13(14)15-16-12/h4-8H,1-3H3,(H2,14,15). The van der Waals surface area contributed by atoms with E-state index < -0.39 is 0 Å². The number of nitrogens with zero attached hydrogens (tertiary/aromatic N) is 1. The normalized spacial score (nSPS) is 11.0. The average Bonchev–Trinajstić information content (AvgIpc) is 2.65. The first-order valence-electron chi connectivity index (χ1n) is 5.41. The van der Waals surface area contributed by atoms with Crippen LogP contribution < -0.4 is 5.73 Å². The summed E-state index contributed by atoms with van der Waals surface area (Å²) >= 11 is 0. The van der Waals surface area contributed by atoms with E-state index in [1.165, 1.54) is 11.1 Å². The Morgan fingerprint density at radius 3 is 2.56 bits per heavy atom. The van der Waals surface area contributed by atoms with Gasteiger partial charge in [-0.3, -0.25) is 0 Å². The lowest BCUT2D eigenvalue weighted by atomic mass is 9.97. The number of anilines is 1. The lowest BCUT2D eigenvalue weighted by molar-refractivity contribution is 0.435. The lowest BCUT2D eigenvalue weighted by Crippen LogP contribution is -1.90. The first-order chi connectivity index (χ1) is 7.58. The van der Waals surface area contributed by atoms with Gasteiger partial charge in [0.2, 0.25) is 0 Å². The summed E-state index contributed by atoms with van der Waals surface area (Å²) in [5, 5.41) is 3.71. The molecular formula is C13H16N2O. The van der Waals surface area contributed by atoms with Gasteiger partial charge in [-0.15, -0.1) is 0 Å². The lowest BCUT2D eigenvalue weighted by Gasteiger charge is -2.08. The molecule has 0 amide bonds. The number of hydrogen-bond acceptors (Lipinski definition) is 3. The van der Waals surface area contributed by atoms with Crippen molar-refractivity contribution in [1.82, 2.24) is 5.16 Å². The Bertz CT molecular complexity index is 500. The van der Waals surface area contributed by atoms with Crippen molar-refractivity contribution >= 4 is 5.82 Å². The fourth-order valence-corrected chi connectivity index (χ4v) is 1.68. The SMILES string of the molecule is Cc1ccc(C(C)C)cc1-c1cc(N)no1. The third-order valence-corrected chi connectivity index (χ3v) is 2.72. The summed E-state index contributed by atoms with van der Waals surface area (Å²) in [5.74, 6) is 1.65. The van der Waals surface area contributed by atoms with Crippen LogP contribution in [0.5, 0.6) is 0 Å². The van der Waals surface area contributed by atoms with Crippen LogP contribution in [0.1, 0.15) is 30.9 Å². The highest BCUT2D eigenvalue weighted by atomic mass is 16.5. The van der Waals surface area contributed by atoms with Gasteiger partial charge in [0.25, 0.3) is 0 Å². The molecule has 16 heavy (non-hydrogen) atoms. The van der Waals surface area contributed by atoms with Gasteiger partial charge < -0.3 is 10.3 Å². The molecule has 0 unspecified atom stereocenters. The van der Waals surface area contributed by atoms with Crippen LogP contribution in [0.15, 0.2) is 28.8 Å². The predicted octanol–water partition coefficient (Wildman–Crippen LogP) is 3.36. The van der Waals surface area contributed by atoms with E-state index in [1.807, 2.05) is 0 Å². The van der Waals surface area contributed by atoms with Crippen molar-refractivity contribution in [2.45, 2.75) is 26.7 Å². The maximum absolute atomic E-state index is 5.56. The summed E-state index contributed by atoms with van der Waals surface area (Å²) in [6.45, 7) is 6.39. The van der Waals surface area contributed by atoms with Crippen molar-refractivity contribution in [3.63, 3.8) is 0 Å². The highest BCUT2D eigenvalue weighted by molar-refractivity contribution is 5.65. The van der Waals surface area contributed by atoms with Crippen molar-refractivity contribution in [1.29, 1.82) is 0 Å². The van der Waals surface area contributed by atoms with Gasteiger partial charge in [0.1, 0.15) is 0 Å². The summed E-state index contributed by atoms with van der Waals surface area (Å²) < 4.78 is 5.19. The van der Waals surface area contributed by atoms with Crippen LogP contribution in [0.3, 0.4) is 0 Å². The van der Waals surface area contributed by atoms with E-state index in [4.69, 9.17) is 10.3 Å². The summed E-state index contributed by atoms with van der Waals surface area (Å²) in [6.07, 6.45) is 0. The first kappa shape index (κ1) is 10.7. The summed E-state index contributed by atoms with van der Waals surface area (Å²) in [7, 11) is 0. The third-order valence-electron chi connectivity index (χ3n) is 2.72. The van der Waals surface area contributed by atoms with E-state index in [0.717, 1.165) is 11.3 Å². The largest absolute Gasteiger partial charge is 0.381 e. The van der Waals surface area contributed by atoms with E-state index >= 15 is 0 Å². The maximum atomic E-state index is 5.56. The second kappa shape index (κ2) is 4.00. The van der Waals surface area contributed by atoms with Crippen molar-refractivity contribution < 1.29 is 4.52 Å². The van der Waals surface area contributed by atoms with Crippen molar-refractivity contribution in [3.8, 4) is 11.3 Å². The highest BCUT2D eigenvalue weighted by Gasteiger charge is 2.10. The van der Waals surface area contributed by atoms with Gasteiger partial charge in [-0.25, -0.2) is 0 Å². The zero-order valence-corrected chi connectivity index (χ0v) is 9.82. The summed E-state index contributed by atoms with van der Waals surface area (Å²) in [4.78, 5) is 0. The van der Waals surface area contributed by atoms with Crippen LogP contribution in [-0.2, 0) is 0 Å². The number of aromatic nitrogens is 1. The van der Waals surface area contributed by atoms with E-state index in [0.29, 0.717) is 11.7 Å². The average molecular weight is 216 g/mol. The number of aryl methyl sites for hydroxylation is 1. The fourth-order valence-electron chi connectivity index (χ4n) is 1.68. The Morgan fingerprint density at radius 2 is 2.00 bits per heavy atom. The quantitative estimate of drug-likeness (QED) is 0.837. The van der Waals surface area contributed by atoms with Crippen molar-refractivity contribution in [2.24, 2.45) is 0 Å². The molecule has 0 spiro atoms. The molecule has 84 valence electrons. The highest BCUT2D eigenvalue weighted by Crippen LogP contribution is 2.28. The molecule has 0 fully saturated rings. The molecule has 1 heterocycles. The van der Waals surface area contributed by atoms with E-state index in [1.54, 1.807) is 6.07 Å². The minimum atomic E-state index is 0.421. The Balaban J connectivity index is 2.51. The van der Waals surface area contributed by atoms with Crippen LogP contribution >= 0.6 is 0 Å². The number of nitrogen functional groups attached to an aromatic ring is 1. The van der Waals surface area contributed by atoms with Crippen LogP contribution in [0.25, 0.3) is 11.3 Å². The summed E-state index contributed by atoms with van der Waals surface area (Å²) in [6, 6.07) is 8.14. The zero-order valence-electron chi connectivity index (χ0n) is 9.82. The fraction of sp³-hybridized carbons (Fsp3) is 0.308. The number of nitrogens with two attached hydrogens (primary N) is 1. The van der Waals surface area contributed by atoms with E-state index in [9.17, 15) is 0 Å². The van der Waals surface area contributed by atoms with Gasteiger partial charge in [-0.1, -0.05) is 31.1 Å². The molecule has 0 saturated carbocycles. The first-order valence-corrected chi connectivity index (χ1v) is 5.41. The molecule has 0 aliphatic carbocycles. The Labute approximate surface area is 95.3 Å². The molecule has 0 bridgehead atoms. The monoisotopic (exact) mass is 216 g/mol. The third kappa shape index (κ3) is 1.94.